The highest BCUT2D eigenvalue weighted by molar-refractivity contribution is 5.46. The smallest absolute Gasteiger partial charge is 0.174 e. The molecule has 1 N–H and O–H groups in total. The Kier molecular flexibility index (Phi) is 3.84. The summed E-state index contributed by atoms with van der Waals surface area (Å²) in [5, 5.41) is 12.0. The van der Waals surface area contributed by atoms with E-state index in [0.29, 0.717) is 17.5 Å². The van der Waals surface area contributed by atoms with Gasteiger partial charge in [-0.1, -0.05) is 12.1 Å². The average molecular weight is 232 g/mol. The molecule has 1 aliphatic carbocycles. The third-order valence-electron chi connectivity index (χ3n) is 2.72. The number of benzene rings is 1. The maximum Gasteiger partial charge on any atom is 0.174 e. The molecule has 2 rings (SSSR count). The predicted molar refractivity (Wildman–Crippen MR) is 64.0 cm³/mol. The summed E-state index contributed by atoms with van der Waals surface area (Å²) in [6, 6.07) is 8.38. The Labute approximate surface area is 101 Å². The van der Waals surface area contributed by atoms with Crippen molar-refractivity contribution in [2.24, 2.45) is 0 Å². The van der Waals surface area contributed by atoms with Crippen LogP contribution < -0.4 is 14.8 Å². The molecule has 90 valence electrons. The number of hydrogen-bond donors (Lipinski definition) is 1. The molecule has 0 saturated heterocycles. The van der Waals surface area contributed by atoms with Gasteiger partial charge in [-0.05, 0) is 18.9 Å². The first kappa shape index (κ1) is 11.7. The highest BCUT2D eigenvalue weighted by Crippen LogP contribution is 2.31. The summed E-state index contributed by atoms with van der Waals surface area (Å²) in [5.74, 6) is 1.35. The Morgan fingerprint density at radius 3 is 2.94 bits per heavy atom. The first-order chi connectivity index (χ1) is 8.35. The molecule has 17 heavy (non-hydrogen) atoms. The summed E-state index contributed by atoms with van der Waals surface area (Å²) in [6.07, 6.45) is 2.50. The first-order valence-electron chi connectivity index (χ1n) is 5.74. The second-order valence-electron chi connectivity index (χ2n) is 4.05. The quantitative estimate of drug-likeness (QED) is 0.813. The van der Waals surface area contributed by atoms with Gasteiger partial charge < -0.3 is 14.8 Å². The second kappa shape index (κ2) is 5.55. The fourth-order valence-corrected chi connectivity index (χ4v) is 1.67. The number of hydrogen-bond acceptors (Lipinski definition) is 4. The van der Waals surface area contributed by atoms with Gasteiger partial charge in [0, 0.05) is 18.2 Å². The Bertz CT molecular complexity index is 422. The number of nitrogens with one attached hydrogen (secondary N) is 1. The number of ether oxygens (including phenoxy) is 2. The summed E-state index contributed by atoms with van der Waals surface area (Å²) < 4.78 is 10.7. The second-order valence-corrected chi connectivity index (χ2v) is 4.05. The average Bonchev–Trinajstić information content (AvgIpc) is 3.18. The van der Waals surface area contributed by atoms with Crippen LogP contribution in [0, 0.1) is 11.3 Å². The van der Waals surface area contributed by atoms with E-state index in [0.717, 1.165) is 12.1 Å². The maximum absolute atomic E-state index is 8.58. The summed E-state index contributed by atoms with van der Waals surface area (Å²) >= 11 is 0. The van der Waals surface area contributed by atoms with Crippen molar-refractivity contribution in [1.82, 2.24) is 5.32 Å². The monoisotopic (exact) mass is 232 g/mol. The van der Waals surface area contributed by atoms with Gasteiger partial charge in [-0.25, -0.2) is 0 Å². The molecular formula is C13H16N2O2. The van der Waals surface area contributed by atoms with Crippen molar-refractivity contribution in [3.8, 4) is 17.6 Å². The van der Waals surface area contributed by atoms with E-state index >= 15 is 0 Å². The number of nitrogens with zero attached hydrogens (tertiary/aromatic N) is 1. The van der Waals surface area contributed by atoms with Crippen LogP contribution in [-0.4, -0.2) is 19.8 Å². The molecule has 1 saturated carbocycles. The van der Waals surface area contributed by atoms with Crippen molar-refractivity contribution in [2.45, 2.75) is 25.4 Å². The molecule has 0 spiro atoms. The van der Waals surface area contributed by atoms with Crippen LogP contribution in [0.5, 0.6) is 11.5 Å². The molecule has 0 unspecified atom stereocenters. The molecule has 0 bridgehead atoms. The predicted octanol–water partition coefficient (Wildman–Crippen LogP) is 1.85. The number of nitriles is 1. The van der Waals surface area contributed by atoms with E-state index in [1.807, 2.05) is 24.3 Å². The highest BCUT2D eigenvalue weighted by Gasteiger charge is 2.21. The molecule has 1 aliphatic rings. The van der Waals surface area contributed by atoms with E-state index in [4.69, 9.17) is 14.7 Å². The van der Waals surface area contributed by atoms with Crippen LogP contribution in [0.3, 0.4) is 0 Å². The Morgan fingerprint density at radius 1 is 1.47 bits per heavy atom. The first-order valence-corrected chi connectivity index (χ1v) is 5.74. The molecule has 4 nitrogen and oxygen atoms in total. The zero-order chi connectivity index (χ0) is 12.1. The van der Waals surface area contributed by atoms with Gasteiger partial charge >= 0.3 is 0 Å². The standard InChI is InChI=1S/C13H16N2O2/c1-16-12-4-2-3-10(9-15-11-5-6-11)13(12)17-8-7-14/h2-4,11,15H,5-6,8-9H2,1H3. The number of rotatable bonds is 6. The molecule has 0 aliphatic heterocycles. The van der Waals surface area contributed by atoms with Crippen LogP contribution in [-0.2, 0) is 6.54 Å². The van der Waals surface area contributed by atoms with Crippen molar-refractivity contribution in [3.63, 3.8) is 0 Å². The highest BCUT2D eigenvalue weighted by atomic mass is 16.5. The molecular weight excluding hydrogens is 216 g/mol. The summed E-state index contributed by atoms with van der Waals surface area (Å²) in [5.41, 5.74) is 1.03. The maximum atomic E-state index is 8.58. The topological polar surface area (TPSA) is 54.3 Å². The van der Waals surface area contributed by atoms with Crippen LogP contribution in [0.15, 0.2) is 18.2 Å². The van der Waals surface area contributed by atoms with Crippen LogP contribution in [0.1, 0.15) is 18.4 Å². The molecule has 1 fully saturated rings. The van der Waals surface area contributed by atoms with Gasteiger partial charge in [0.15, 0.2) is 18.1 Å². The molecule has 1 aromatic carbocycles. The lowest BCUT2D eigenvalue weighted by Gasteiger charge is -2.13. The van der Waals surface area contributed by atoms with Crippen molar-refractivity contribution >= 4 is 0 Å². The van der Waals surface area contributed by atoms with Crippen LogP contribution in [0.2, 0.25) is 0 Å². The van der Waals surface area contributed by atoms with Gasteiger partial charge in [0.05, 0.1) is 7.11 Å². The van der Waals surface area contributed by atoms with E-state index in [-0.39, 0.29) is 6.61 Å². The molecule has 4 heteroatoms. The van der Waals surface area contributed by atoms with Gasteiger partial charge in [0.2, 0.25) is 0 Å². The van der Waals surface area contributed by atoms with Crippen molar-refractivity contribution in [2.75, 3.05) is 13.7 Å². The fraction of sp³-hybridized carbons (Fsp3) is 0.462. The SMILES string of the molecule is COc1cccc(CNC2CC2)c1OCC#N. The van der Waals surface area contributed by atoms with Gasteiger partial charge in [0.25, 0.3) is 0 Å². The van der Waals surface area contributed by atoms with Crippen LogP contribution >= 0.6 is 0 Å². The van der Waals surface area contributed by atoms with Gasteiger partial charge in [-0.3, -0.25) is 0 Å². The van der Waals surface area contributed by atoms with Crippen LogP contribution in [0.4, 0.5) is 0 Å². The normalized spacial score (nSPS) is 14.1. The van der Waals surface area contributed by atoms with Crippen molar-refractivity contribution < 1.29 is 9.47 Å². The lowest BCUT2D eigenvalue weighted by atomic mass is 10.2. The van der Waals surface area contributed by atoms with Gasteiger partial charge in [0.1, 0.15) is 6.07 Å². The summed E-state index contributed by atoms with van der Waals surface area (Å²) in [7, 11) is 1.60. The molecule has 0 heterocycles. The Morgan fingerprint density at radius 2 is 2.29 bits per heavy atom. The largest absolute Gasteiger partial charge is 0.493 e. The molecule has 0 radical (unpaired) electrons. The summed E-state index contributed by atoms with van der Waals surface area (Å²) in [6.45, 7) is 0.791. The van der Waals surface area contributed by atoms with Crippen LogP contribution in [0.25, 0.3) is 0 Å². The van der Waals surface area contributed by atoms with Crippen molar-refractivity contribution in [3.05, 3.63) is 23.8 Å². The van der Waals surface area contributed by atoms with E-state index in [9.17, 15) is 0 Å². The number of para-hydroxylation sites is 1. The van der Waals surface area contributed by atoms with Gasteiger partial charge in [-0.2, -0.15) is 5.26 Å². The Hall–Kier alpha value is -1.73. The third kappa shape index (κ3) is 3.11. The Balaban J connectivity index is 2.12. The van der Waals surface area contributed by atoms with E-state index in [1.54, 1.807) is 7.11 Å². The van der Waals surface area contributed by atoms with E-state index in [1.165, 1.54) is 12.8 Å². The lowest BCUT2D eigenvalue weighted by molar-refractivity contribution is 0.325. The van der Waals surface area contributed by atoms with E-state index in [2.05, 4.69) is 5.32 Å². The molecule has 0 amide bonds. The minimum Gasteiger partial charge on any atom is -0.493 e. The number of methoxy groups -OCH3 is 1. The molecule has 1 aromatic rings. The lowest BCUT2D eigenvalue weighted by Crippen LogP contribution is -2.16. The van der Waals surface area contributed by atoms with Crippen molar-refractivity contribution in [1.29, 1.82) is 5.26 Å². The minimum absolute atomic E-state index is 0.0385. The van der Waals surface area contributed by atoms with E-state index < -0.39 is 0 Å². The molecule has 0 atom stereocenters. The molecule has 0 aromatic heterocycles. The fourth-order valence-electron chi connectivity index (χ4n) is 1.67. The zero-order valence-corrected chi connectivity index (χ0v) is 9.90. The van der Waals surface area contributed by atoms with Gasteiger partial charge in [-0.15, -0.1) is 0 Å². The third-order valence-corrected chi connectivity index (χ3v) is 2.72. The summed E-state index contributed by atoms with van der Waals surface area (Å²) in [4.78, 5) is 0. The zero-order valence-electron chi connectivity index (χ0n) is 9.90. The minimum atomic E-state index is 0.0385.